The number of halogens is 2. The van der Waals surface area contributed by atoms with Crippen LogP contribution in [0.4, 0.5) is 4.79 Å². The molecule has 0 saturated carbocycles. The standard InChI is InChI=1S/C11H12Br2O4/c1-6-2-4-8(17-11(15)16)10(14)7(6)3-5-9(12)13/h2,4,9,14H,3,5H2,1H3,(H,15,16). The lowest BCUT2D eigenvalue weighted by atomic mass is 10.0. The highest BCUT2D eigenvalue weighted by atomic mass is 79.9. The Bertz CT molecular complexity index is 418. The number of carbonyl (C=O) groups is 1. The Hall–Kier alpha value is -0.750. The van der Waals surface area contributed by atoms with Crippen molar-refractivity contribution >= 4 is 38.0 Å². The molecule has 0 fully saturated rings. The van der Waals surface area contributed by atoms with Gasteiger partial charge < -0.3 is 14.9 Å². The Kier molecular flexibility index (Phi) is 5.27. The van der Waals surface area contributed by atoms with E-state index in [0.717, 1.165) is 12.0 Å². The fraction of sp³-hybridized carbons (Fsp3) is 0.364. The summed E-state index contributed by atoms with van der Waals surface area (Å²) >= 11 is 6.70. The molecule has 0 radical (unpaired) electrons. The Morgan fingerprint density at radius 1 is 1.47 bits per heavy atom. The second kappa shape index (κ2) is 6.26. The molecule has 2 N–H and O–H groups in total. The van der Waals surface area contributed by atoms with Crippen molar-refractivity contribution in [2.75, 3.05) is 0 Å². The number of ether oxygens (including phenoxy) is 1. The fourth-order valence-electron chi connectivity index (χ4n) is 1.46. The largest absolute Gasteiger partial charge is 0.511 e. The van der Waals surface area contributed by atoms with Gasteiger partial charge in [0.1, 0.15) is 0 Å². The summed E-state index contributed by atoms with van der Waals surface area (Å²) in [6.07, 6.45) is -0.0467. The number of hydrogen-bond acceptors (Lipinski definition) is 3. The molecule has 17 heavy (non-hydrogen) atoms. The number of hydrogen-bond donors (Lipinski definition) is 2. The van der Waals surface area contributed by atoms with Gasteiger partial charge in [0, 0.05) is 5.56 Å². The lowest BCUT2D eigenvalue weighted by Crippen LogP contribution is -2.04. The Morgan fingerprint density at radius 3 is 2.65 bits per heavy atom. The highest BCUT2D eigenvalue weighted by Gasteiger charge is 2.14. The molecular weight excluding hydrogens is 356 g/mol. The number of phenolic OH excluding ortho intramolecular Hbond substituents is 1. The lowest BCUT2D eigenvalue weighted by Gasteiger charge is -2.12. The summed E-state index contributed by atoms with van der Waals surface area (Å²) in [5.41, 5.74) is 1.61. The van der Waals surface area contributed by atoms with E-state index in [-0.39, 0.29) is 15.2 Å². The number of rotatable bonds is 4. The summed E-state index contributed by atoms with van der Waals surface area (Å²) in [5.74, 6) is -0.133. The van der Waals surface area contributed by atoms with E-state index in [1.807, 2.05) is 6.92 Å². The van der Waals surface area contributed by atoms with Crippen LogP contribution in [0.5, 0.6) is 11.5 Å². The molecule has 0 spiro atoms. The maximum Gasteiger partial charge on any atom is 0.511 e. The van der Waals surface area contributed by atoms with Crippen LogP contribution >= 0.6 is 31.9 Å². The number of benzene rings is 1. The third-order valence-corrected chi connectivity index (χ3v) is 3.21. The molecule has 0 saturated heterocycles. The normalized spacial score (nSPS) is 10.6. The van der Waals surface area contributed by atoms with Gasteiger partial charge in [0.2, 0.25) is 0 Å². The van der Waals surface area contributed by atoms with Crippen LogP contribution < -0.4 is 4.74 Å². The van der Waals surface area contributed by atoms with E-state index < -0.39 is 6.16 Å². The van der Waals surface area contributed by atoms with Crippen LogP contribution in [-0.2, 0) is 6.42 Å². The van der Waals surface area contributed by atoms with Crippen molar-refractivity contribution < 1.29 is 19.7 Å². The van der Waals surface area contributed by atoms with Crippen molar-refractivity contribution in [1.29, 1.82) is 0 Å². The van der Waals surface area contributed by atoms with Gasteiger partial charge in [-0.25, -0.2) is 4.79 Å². The Labute approximate surface area is 116 Å². The zero-order chi connectivity index (χ0) is 13.0. The number of carboxylic acid groups (broad SMARTS) is 1. The molecule has 0 amide bonds. The van der Waals surface area contributed by atoms with Crippen LogP contribution in [0, 0.1) is 6.92 Å². The van der Waals surface area contributed by atoms with Gasteiger partial charge in [0.25, 0.3) is 0 Å². The van der Waals surface area contributed by atoms with Gasteiger partial charge in [-0.15, -0.1) is 0 Å². The molecule has 1 rings (SSSR count). The summed E-state index contributed by atoms with van der Waals surface area (Å²) in [4.78, 5) is 10.4. The molecule has 0 atom stereocenters. The maximum absolute atomic E-state index is 10.4. The second-order valence-electron chi connectivity index (χ2n) is 3.51. The molecule has 0 unspecified atom stereocenters. The van der Waals surface area contributed by atoms with Crippen molar-refractivity contribution in [2.24, 2.45) is 0 Å². The third-order valence-electron chi connectivity index (χ3n) is 2.29. The summed E-state index contributed by atoms with van der Waals surface area (Å²) < 4.78 is 4.64. The van der Waals surface area contributed by atoms with Crippen molar-refractivity contribution in [3.63, 3.8) is 0 Å². The highest BCUT2D eigenvalue weighted by molar-refractivity contribution is 9.24. The van der Waals surface area contributed by atoms with Gasteiger partial charge in [-0.05, 0) is 31.4 Å². The molecule has 0 aromatic heterocycles. The van der Waals surface area contributed by atoms with E-state index in [1.54, 1.807) is 6.07 Å². The zero-order valence-electron chi connectivity index (χ0n) is 9.11. The molecule has 6 heteroatoms. The molecule has 1 aromatic rings. The van der Waals surface area contributed by atoms with E-state index in [2.05, 4.69) is 36.6 Å². The monoisotopic (exact) mass is 366 g/mol. The highest BCUT2D eigenvalue weighted by Crippen LogP contribution is 2.34. The van der Waals surface area contributed by atoms with Crippen LogP contribution in [0.2, 0.25) is 0 Å². The first-order chi connectivity index (χ1) is 7.91. The van der Waals surface area contributed by atoms with Crippen molar-refractivity contribution in [3.8, 4) is 11.5 Å². The zero-order valence-corrected chi connectivity index (χ0v) is 12.3. The van der Waals surface area contributed by atoms with E-state index in [1.165, 1.54) is 6.07 Å². The summed E-state index contributed by atoms with van der Waals surface area (Å²) in [6.45, 7) is 1.86. The molecule has 0 bridgehead atoms. The Morgan fingerprint density at radius 2 is 2.12 bits per heavy atom. The molecule has 0 heterocycles. The predicted octanol–water partition coefficient (Wildman–Crippen LogP) is 3.81. The van der Waals surface area contributed by atoms with Gasteiger partial charge in [-0.1, -0.05) is 37.9 Å². The van der Waals surface area contributed by atoms with Gasteiger partial charge in [-0.3, -0.25) is 0 Å². The van der Waals surface area contributed by atoms with Crippen LogP contribution in [0.1, 0.15) is 17.5 Å². The first kappa shape index (κ1) is 14.3. The topological polar surface area (TPSA) is 66.8 Å². The predicted molar refractivity (Wildman–Crippen MR) is 71.5 cm³/mol. The van der Waals surface area contributed by atoms with Crippen LogP contribution in [0.15, 0.2) is 12.1 Å². The van der Waals surface area contributed by atoms with Crippen LogP contribution in [0.3, 0.4) is 0 Å². The van der Waals surface area contributed by atoms with Gasteiger partial charge in [0.05, 0.1) is 3.74 Å². The third kappa shape index (κ3) is 4.20. The quantitative estimate of drug-likeness (QED) is 0.482. The van der Waals surface area contributed by atoms with Crippen LogP contribution in [-0.4, -0.2) is 20.1 Å². The average molecular weight is 368 g/mol. The SMILES string of the molecule is Cc1ccc(OC(=O)O)c(O)c1CCC(Br)Br. The van der Waals surface area contributed by atoms with Crippen LogP contribution in [0.25, 0.3) is 0 Å². The number of aromatic hydroxyl groups is 1. The van der Waals surface area contributed by atoms with Gasteiger partial charge in [-0.2, -0.15) is 0 Å². The lowest BCUT2D eigenvalue weighted by molar-refractivity contribution is 0.143. The Balaban J connectivity index is 2.98. The summed E-state index contributed by atoms with van der Waals surface area (Å²) in [7, 11) is 0. The number of alkyl halides is 2. The first-order valence-corrected chi connectivity index (χ1v) is 6.75. The minimum atomic E-state index is -1.44. The molecule has 4 nitrogen and oxygen atoms in total. The molecule has 1 aromatic carbocycles. The molecule has 0 aliphatic rings. The number of phenols is 1. The van der Waals surface area contributed by atoms with Crippen molar-refractivity contribution in [2.45, 2.75) is 23.5 Å². The van der Waals surface area contributed by atoms with Gasteiger partial charge in [0.15, 0.2) is 11.5 Å². The second-order valence-corrected chi connectivity index (χ2v) is 6.94. The minimum absolute atomic E-state index is 0.0289. The minimum Gasteiger partial charge on any atom is -0.504 e. The van der Waals surface area contributed by atoms with E-state index in [9.17, 15) is 9.90 Å². The van der Waals surface area contributed by atoms with E-state index in [4.69, 9.17) is 5.11 Å². The maximum atomic E-state index is 10.4. The van der Waals surface area contributed by atoms with E-state index >= 15 is 0 Å². The molecule has 0 aliphatic carbocycles. The molecule has 94 valence electrons. The number of aryl methyl sites for hydroxylation is 1. The fourth-order valence-corrected chi connectivity index (χ4v) is 1.92. The van der Waals surface area contributed by atoms with Gasteiger partial charge >= 0.3 is 6.16 Å². The summed E-state index contributed by atoms with van der Waals surface area (Å²) in [5, 5.41) is 18.4. The average Bonchev–Trinajstić information content (AvgIpc) is 2.21. The van der Waals surface area contributed by atoms with Crippen molar-refractivity contribution in [3.05, 3.63) is 23.3 Å². The smallest absolute Gasteiger partial charge is 0.504 e. The molecular formula is C11H12Br2O4. The van der Waals surface area contributed by atoms with E-state index in [0.29, 0.717) is 12.0 Å². The first-order valence-electron chi connectivity index (χ1n) is 4.92. The molecule has 0 aliphatic heterocycles. The van der Waals surface area contributed by atoms with Crippen molar-refractivity contribution in [1.82, 2.24) is 0 Å². The summed E-state index contributed by atoms with van der Waals surface area (Å²) in [6, 6.07) is 3.17.